The Morgan fingerprint density at radius 2 is 1.43 bits per heavy atom. The first kappa shape index (κ1) is 19.8. The summed E-state index contributed by atoms with van der Waals surface area (Å²) in [5.74, 6) is 1.63. The topological polar surface area (TPSA) is 47.9 Å². The van der Waals surface area contributed by atoms with E-state index in [1.165, 1.54) is 0 Å². The lowest BCUT2D eigenvalue weighted by atomic mass is 9.79. The number of hydrogen-bond donors (Lipinski definition) is 1. The van der Waals surface area contributed by atoms with Gasteiger partial charge in [0.15, 0.2) is 6.79 Å². The Hall–Kier alpha value is -1.26. The number of aliphatic hydroxyl groups is 1. The SMILES string of the molecule is CCOCOc1c(C(C)(C)C)cc(OCCO)cc1C(C)(C)C. The summed E-state index contributed by atoms with van der Waals surface area (Å²) in [5, 5.41) is 9.02. The van der Waals surface area contributed by atoms with Gasteiger partial charge in [0.1, 0.15) is 18.1 Å². The molecule has 4 nitrogen and oxygen atoms in total. The highest BCUT2D eigenvalue weighted by Gasteiger charge is 2.28. The molecule has 0 spiro atoms. The third-order valence-electron chi connectivity index (χ3n) is 3.53. The third-order valence-corrected chi connectivity index (χ3v) is 3.53. The van der Waals surface area contributed by atoms with E-state index in [0.29, 0.717) is 6.61 Å². The van der Waals surface area contributed by atoms with E-state index < -0.39 is 0 Å². The number of aliphatic hydroxyl groups excluding tert-OH is 1. The van der Waals surface area contributed by atoms with Gasteiger partial charge in [-0.05, 0) is 29.9 Å². The smallest absolute Gasteiger partial charge is 0.189 e. The van der Waals surface area contributed by atoms with E-state index in [-0.39, 0.29) is 30.8 Å². The second kappa shape index (κ2) is 8.02. The molecule has 0 saturated carbocycles. The lowest BCUT2D eigenvalue weighted by molar-refractivity contribution is 0.0202. The summed E-state index contributed by atoms with van der Waals surface area (Å²) in [6.45, 7) is 16.0. The molecule has 1 N–H and O–H groups in total. The first-order valence-electron chi connectivity index (χ1n) is 8.24. The maximum absolute atomic E-state index is 9.02. The van der Waals surface area contributed by atoms with Gasteiger partial charge in [0, 0.05) is 17.7 Å². The summed E-state index contributed by atoms with van der Waals surface area (Å²) < 4.78 is 17.0. The van der Waals surface area contributed by atoms with Gasteiger partial charge < -0.3 is 19.3 Å². The molecule has 0 saturated heterocycles. The zero-order chi connectivity index (χ0) is 17.7. The average molecular weight is 324 g/mol. The van der Waals surface area contributed by atoms with Gasteiger partial charge in [0.2, 0.25) is 0 Å². The van der Waals surface area contributed by atoms with Crippen LogP contribution in [0, 0.1) is 0 Å². The van der Waals surface area contributed by atoms with Crippen molar-refractivity contribution in [1.29, 1.82) is 0 Å². The van der Waals surface area contributed by atoms with Crippen molar-refractivity contribution in [2.45, 2.75) is 59.3 Å². The molecule has 1 rings (SSSR count). The largest absolute Gasteiger partial charge is 0.491 e. The van der Waals surface area contributed by atoms with Crippen LogP contribution in [0.15, 0.2) is 12.1 Å². The van der Waals surface area contributed by atoms with Crippen LogP contribution in [0.25, 0.3) is 0 Å². The first-order chi connectivity index (χ1) is 10.6. The fourth-order valence-corrected chi connectivity index (χ4v) is 2.30. The first-order valence-corrected chi connectivity index (χ1v) is 8.24. The molecule has 0 radical (unpaired) electrons. The zero-order valence-electron chi connectivity index (χ0n) is 15.7. The van der Waals surface area contributed by atoms with E-state index in [0.717, 1.165) is 22.6 Å². The van der Waals surface area contributed by atoms with Crippen molar-refractivity contribution in [2.24, 2.45) is 0 Å². The lowest BCUT2D eigenvalue weighted by Gasteiger charge is -2.30. The number of benzene rings is 1. The van der Waals surface area contributed by atoms with E-state index in [1.807, 2.05) is 19.1 Å². The van der Waals surface area contributed by atoms with E-state index in [2.05, 4.69) is 41.5 Å². The van der Waals surface area contributed by atoms with Gasteiger partial charge >= 0.3 is 0 Å². The molecule has 0 aliphatic carbocycles. The molecule has 1 aromatic rings. The second-order valence-corrected chi connectivity index (χ2v) is 7.67. The Morgan fingerprint density at radius 3 is 1.83 bits per heavy atom. The number of hydrogen-bond acceptors (Lipinski definition) is 4. The molecular formula is C19H32O4. The van der Waals surface area contributed by atoms with Gasteiger partial charge in [0.05, 0.1) is 6.61 Å². The van der Waals surface area contributed by atoms with Crippen molar-refractivity contribution in [3.63, 3.8) is 0 Å². The fraction of sp³-hybridized carbons (Fsp3) is 0.684. The summed E-state index contributed by atoms with van der Waals surface area (Å²) in [6, 6.07) is 4.01. The molecule has 0 aliphatic rings. The number of ether oxygens (including phenoxy) is 3. The third kappa shape index (κ3) is 5.70. The van der Waals surface area contributed by atoms with Crippen LogP contribution >= 0.6 is 0 Å². The molecule has 23 heavy (non-hydrogen) atoms. The molecule has 132 valence electrons. The second-order valence-electron chi connectivity index (χ2n) is 7.67. The molecule has 0 aromatic heterocycles. The van der Waals surface area contributed by atoms with E-state index in [9.17, 15) is 0 Å². The highest BCUT2D eigenvalue weighted by atomic mass is 16.7. The van der Waals surface area contributed by atoms with Crippen molar-refractivity contribution < 1.29 is 19.3 Å². The molecule has 1 aromatic carbocycles. The highest BCUT2D eigenvalue weighted by Crippen LogP contribution is 2.42. The maximum atomic E-state index is 9.02. The lowest BCUT2D eigenvalue weighted by Crippen LogP contribution is -2.21. The van der Waals surface area contributed by atoms with Crippen LogP contribution in [-0.2, 0) is 15.6 Å². The van der Waals surface area contributed by atoms with Crippen molar-refractivity contribution in [3.8, 4) is 11.5 Å². The molecule has 0 heterocycles. The molecule has 0 atom stereocenters. The van der Waals surface area contributed by atoms with Gasteiger partial charge in [-0.2, -0.15) is 0 Å². The minimum atomic E-state index is -0.0971. The Balaban J connectivity index is 3.41. The molecular weight excluding hydrogens is 292 g/mol. The molecule has 0 unspecified atom stereocenters. The van der Waals surface area contributed by atoms with Gasteiger partial charge in [-0.1, -0.05) is 41.5 Å². The van der Waals surface area contributed by atoms with Gasteiger partial charge in [-0.25, -0.2) is 0 Å². The van der Waals surface area contributed by atoms with Crippen molar-refractivity contribution in [1.82, 2.24) is 0 Å². The molecule has 0 bridgehead atoms. The fourth-order valence-electron chi connectivity index (χ4n) is 2.30. The molecule has 0 amide bonds. The van der Waals surface area contributed by atoms with Gasteiger partial charge in [-0.3, -0.25) is 0 Å². The predicted octanol–water partition coefficient (Wildman–Crippen LogP) is 4.03. The van der Waals surface area contributed by atoms with E-state index in [4.69, 9.17) is 19.3 Å². The van der Waals surface area contributed by atoms with Crippen LogP contribution in [0.2, 0.25) is 0 Å². The van der Waals surface area contributed by atoms with Crippen LogP contribution < -0.4 is 9.47 Å². The predicted molar refractivity (Wildman–Crippen MR) is 93.5 cm³/mol. The van der Waals surface area contributed by atoms with Crippen LogP contribution in [0.4, 0.5) is 0 Å². The molecule has 0 aliphatic heterocycles. The Kier molecular flexibility index (Phi) is 6.90. The number of rotatable bonds is 7. The van der Waals surface area contributed by atoms with Crippen LogP contribution in [-0.4, -0.2) is 31.7 Å². The summed E-state index contributed by atoms with van der Waals surface area (Å²) in [7, 11) is 0. The quantitative estimate of drug-likeness (QED) is 0.608. The minimum Gasteiger partial charge on any atom is -0.491 e. The van der Waals surface area contributed by atoms with Gasteiger partial charge in [-0.15, -0.1) is 0 Å². The van der Waals surface area contributed by atoms with Crippen LogP contribution in [0.5, 0.6) is 11.5 Å². The normalized spacial score (nSPS) is 12.3. The standard InChI is InChI=1S/C19H32O4/c1-8-21-13-23-17-15(18(2,3)4)11-14(22-10-9-20)12-16(17)19(5,6)7/h11-12,20H,8-10,13H2,1-7H3. The molecule has 4 heteroatoms. The van der Waals surface area contributed by atoms with Crippen molar-refractivity contribution in [2.75, 3.05) is 26.6 Å². The van der Waals surface area contributed by atoms with E-state index >= 15 is 0 Å². The summed E-state index contributed by atoms with van der Waals surface area (Å²) in [6.07, 6.45) is 0. The monoisotopic (exact) mass is 324 g/mol. The Morgan fingerprint density at radius 1 is 0.913 bits per heavy atom. The minimum absolute atomic E-state index is 0.00169. The summed E-state index contributed by atoms with van der Waals surface area (Å²) in [5.41, 5.74) is 1.97. The highest BCUT2D eigenvalue weighted by molar-refractivity contribution is 5.52. The van der Waals surface area contributed by atoms with Crippen LogP contribution in [0.3, 0.4) is 0 Å². The van der Waals surface area contributed by atoms with Crippen molar-refractivity contribution in [3.05, 3.63) is 23.3 Å². The van der Waals surface area contributed by atoms with Gasteiger partial charge in [0.25, 0.3) is 0 Å². The van der Waals surface area contributed by atoms with Crippen LogP contribution in [0.1, 0.15) is 59.6 Å². The Labute approximate surface area is 140 Å². The average Bonchev–Trinajstić information content (AvgIpc) is 2.43. The zero-order valence-corrected chi connectivity index (χ0v) is 15.7. The Bertz CT molecular complexity index is 460. The summed E-state index contributed by atoms with van der Waals surface area (Å²) >= 11 is 0. The summed E-state index contributed by atoms with van der Waals surface area (Å²) in [4.78, 5) is 0. The van der Waals surface area contributed by atoms with E-state index in [1.54, 1.807) is 0 Å². The van der Waals surface area contributed by atoms with Crippen molar-refractivity contribution >= 4 is 0 Å². The maximum Gasteiger partial charge on any atom is 0.189 e. The molecule has 0 fully saturated rings.